The lowest BCUT2D eigenvalue weighted by Gasteiger charge is -2.13. The van der Waals surface area contributed by atoms with Crippen LogP contribution in [0.2, 0.25) is 5.02 Å². The normalized spacial score (nSPS) is 25.7. The van der Waals surface area contributed by atoms with Crippen molar-refractivity contribution in [3.05, 3.63) is 34.9 Å². The van der Waals surface area contributed by atoms with Gasteiger partial charge in [-0.2, -0.15) is 11.8 Å². The van der Waals surface area contributed by atoms with E-state index in [9.17, 15) is 5.11 Å². The fourth-order valence-electron chi connectivity index (χ4n) is 1.88. The number of halogens is 1. The van der Waals surface area contributed by atoms with Gasteiger partial charge in [0.1, 0.15) is 0 Å². The number of rotatable bonds is 3. The van der Waals surface area contributed by atoms with Gasteiger partial charge in [-0.1, -0.05) is 23.7 Å². The number of aliphatic hydroxyl groups excluding tert-OH is 1. The maximum atomic E-state index is 9.67. The summed E-state index contributed by atoms with van der Waals surface area (Å²) in [5.74, 6) is 0.971. The number of hydrogen-bond acceptors (Lipinski definition) is 2. The minimum atomic E-state index is -0.0951. The Morgan fingerprint density at radius 1 is 1.27 bits per heavy atom. The Hall–Kier alpha value is -0.180. The summed E-state index contributed by atoms with van der Waals surface area (Å²) in [6.45, 7) is 0. The van der Waals surface area contributed by atoms with Crippen LogP contribution in [0.25, 0.3) is 0 Å². The van der Waals surface area contributed by atoms with Crippen molar-refractivity contribution in [3.63, 3.8) is 0 Å². The topological polar surface area (TPSA) is 20.2 Å². The monoisotopic (exact) mass is 242 g/mol. The largest absolute Gasteiger partial charge is 0.392 e. The molecule has 3 heteroatoms. The molecule has 1 nitrogen and oxygen atoms in total. The highest BCUT2D eigenvalue weighted by Crippen LogP contribution is 2.32. The van der Waals surface area contributed by atoms with Crippen LogP contribution in [0.1, 0.15) is 24.8 Å². The van der Waals surface area contributed by atoms with Crippen LogP contribution in [0.4, 0.5) is 0 Å². The molecule has 1 fully saturated rings. The Labute approximate surface area is 99.8 Å². The van der Waals surface area contributed by atoms with Crippen LogP contribution >= 0.6 is 23.4 Å². The Morgan fingerprint density at radius 3 is 2.60 bits per heavy atom. The average molecular weight is 243 g/mol. The molecule has 1 saturated carbocycles. The zero-order chi connectivity index (χ0) is 10.7. The smallest absolute Gasteiger partial charge is 0.0658 e. The molecule has 2 atom stereocenters. The summed E-state index contributed by atoms with van der Waals surface area (Å²) >= 11 is 7.67. The second kappa shape index (κ2) is 5.24. The third-order valence-electron chi connectivity index (χ3n) is 2.80. The molecule has 15 heavy (non-hydrogen) atoms. The molecule has 1 N–H and O–H groups in total. The SMILES string of the molecule is O[C@H]1CCC[C@@H]1SCc1ccc(Cl)cc1. The number of hydrogen-bond donors (Lipinski definition) is 1. The van der Waals surface area contributed by atoms with E-state index < -0.39 is 0 Å². The first-order chi connectivity index (χ1) is 7.25. The summed E-state index contributed by atoms with van der Waals surface area (Å²) in [5, 5.41) is 10.9. The van der Waals surface area contributed by atoms with E-state index in [0.717, 1.165) is 23.6 Å². The molecule has 0 spiro atoms. The molecule has 2 rings (SSSR count). The van der Waals surface area contributed by atoms with Crippen molar-refractivity contribution in [2.75, 3.05) is 0 Å². The van der Waals surface area contributed by atoms with Crippen LogP contribution in [0.15, 0.2) is 24.3 Å². The van der Waals surface area contributed by atoms with Gasteiger partial charge in [-0.3, -0.25) is 0 Å². The Morgan fingerprint density at radius 2 is 2.00 bits per heavy atom. The summed E-state index contributed by atoms with van der Waals surface area (Å²) in [5.41, 5.74) is 1.28. The zero-order valence-electron chi connectivity index (χ0n) is 8.53. The summed E-state index contributed by atoms with van der Waals surface area (Å²) in [6, 6.07) is 7.94. The summed E-state index contributed by atoms with van der Waals surface area (Å²) in [7, 11) is 0. The second-order valence-corrected chi connectivity index (χ2v) is 5.64. The van der Waals surface area contributed by atoms with Crippen LogP contribution in [-0.4, -0.2) is 16.5 Å². The van der Waals surface area contributed by atoms with Gasteiger partial charge in [0.05, 0.1) is 6.10 Å². The van der Waals surface area contributed by atoms with Crippen LogP contribution in [0.3, 0.4) is 0 Å². The van der Waals surface area contributed by atoms with Crippen molar-refractivity contribution < 1.29 is 5.11 Å². The molecule has 1 aliphatic rings. The molecule has 0 amide bonds. The third-order valence-corrected chi connectivity index (χ3v) is 4.53. The molecular weight excluding hydrogens is 228 g/mol. The van der Waals surface area contributed by atoms with Gasteiger partial charge < -0.3 is 5.11 Å². The predicted octanol–water partition coefficient (Wildman–Crippen LogP) is 3.49. The lowest BCUT2D eigenvalue weighted by Crippen LogP contribution is -2.15. The van der Waals surface area contributed by atoms with Crippen molar-refractivity contribution >= 4 is 23.4 Å². The van der Waals surface area contributed by atoms with Gasteiger partial charge in [-0.05, 0) is 37.0 Å². The van der Waals surface area contributed by atoms with Gasteiger partial charge in [0, 0.05) is 16.0 Å². The number of benzene rings is 1. The zero-order valence-corrected chi connectivity index (χ0v) is 10.1. The van der Waals surface area contributed by atoms with Gasteiger partial charge in [0.25, 0.3) is 0 Å². The Bertz CT molecular complexity index is 312. The first-order valence-corrected chi connectivity index (χ1v) is 6.72. The molecule has 0 radical (unpaired) electrons. The summed E-state index contributed by atoms with van der Waals surface area (Å²) in [4.78, 5) is 0. The molecule has 0 unspecified atom stereocenters. The van der Waals surface area contributed by atoms with E-state index in [2.05, 4.69) is 12.1 Å². The van der Waals surface area contributed by atoms with Crippen LogP contribution < -0.4 is 0 Å². The summed E-state index contributed by atoms with van der Waals surface area (Å²) in [6.07, 6.45) is 3.19. The predicted molar refractivity (Wildman–Crippen MR) is 66.4 cm³/mol. The molecule has 0 aliphatic heterocycles. The molecule has 1 aliphatic carbocycles. The highest BCUT2D eigenvalue weighted by atomic mass is 35.5. The number of thioether (sulfide) groups is 1. The molecule has 0 bridgehead atoms. The van der Waals surface area contributed by atoms with Crippen molar-refractivity contribution in [2.45, 2.75) is 36.4 Å². The van der Waals surface area contributed by atoms with Crippen molar-refractivity contribution in [1.29, 1.82) is 0 Å². The second-order valence-electron chi connectivity index (χ2n) is 3.97. The fourth-order valence-corrected chi connectivity index (χ4v) is 3.30. The molecule has 0 saturated heterocycles. The van der Waals surface area contributed by atoms with Crippen LogP contribution in [0, 0.1) is 0 Å². The molecular formula is C12H15ClOS. The van der Waals surface area contributed by atoms with E-state index in [1.54, 1.807) is 0 Å². The maximum absolute atomic E-state index is 9.67. The van der Waals surface area contributed by atoms with E-state index in [-0.39, 0.29) is 6.10 Å². The quantitative estimate of drug-likeness (QED) is 0.876. The third kappa shape index (κ3) is 3.13. The highest BCUT2D eigenvalue weighted by Gasteiger charge is 2.25. The standard InChI is InChI=1S/C12H15ClOS/c13-10-6-4-9(5-7-10)8-15-12-3-1-2-11(12)14/h4-7,11-12,14H,1-3,8H2/t11-,12-/m0/s1. The van der Waals surface area contributed by atoms with Crippen molar-refractivity contribution in [2.24, 2.45) is 0 Å². The lowest BCUT2D eigenvalue weighted by molar-refractivity contribution is 0.188. The van der Waals surface area contributed by atoms with Gasteiger partial charge in [-0.25, -0.2) is 0 Å². The average Bonchev–Trinajstić information content (AvgIpc) is 2.63. The van der Waals surface area contributed by atoms with E-state index >= 15 is 0 Å². The fraction of sp³-hybridized carbons (Fsp3) is 0.500. The molecule has 0 heterocycles. The first-order valence-electron chi connectivity index (χ1n) is 5.30. The lowest BCUT2D eigenvalue weighted by atomic mass is 10.2. The summed E-state index contributed by atoms with van der Waals surface area (Å²) < 4.78 is 0. The number of aliphatic hydroxyl groups is 1. The van der Waals surface area contributed by atoms with Crippen molar-refractivity contribution in [1.82, 2.24) is 0 Å². The molecule has 1 aromatic rings. The Kier molecular flexibility index (Phi) is 3.95. The van der Waals surface area contributed by atoms with E-state index in [1.165, 1.54) is 12.0 Å². The minimum absolute atomic E-state index is 0.0951. The molecule has 1 aromatic carbocycles. The van der Waals surface area contributed by atoms with Crippen molar-refractivity contribution in [3.8, 4) is 0 Å². The van der Waals surface area contributed by atoms with Gasteiger partial charge in [0.15, 0.2) is 0 Å². The molecule has 0 aromatic heterocycles. The van der Waals surface area contributed by atoms with E-state index in [0.29, 0.717) is 5.25 Å². The van der Waals surface area contributed by atoms with Gasteiger partial charge >= 0.3 is 0 Å². The van der Waals surface area contributed by atoms with Gasteiger partial charge in [0.2, 0.25) is 0 Å². The molecule has 82 valence electrons. The first kappa shape index (κ1) is 11.3. The maximum Gasteiger partial charge on any atom is 0.0658 e. The highest BCUT2D eigenvalue weighted by molar-refractivity contribution is 7.99. The van der Waals surface area contributed by atoms with E-state index in [1.807, 2.05) is 23.9 Å². The minimum Gasteiger partial charge on any atom is -0.392 e. The van der Waals surface area contributed by atoms with Crippen LogP contribution in [0.5, 0.6) is 0 Å². The Balaban J connectivity index is 1.85. The van der Waals surface area contributed by atoms with Gasteiger partial charge in [-0.15, -0.1) is 0 Å². The van der Waals surface area contributed by atoms with Crippen LogP contribution in [-0.2, 0) is 5.75 Å². The van der Waals surface area contributed by atoms with E-state index in [4.69, 9.17) is 11.6 Å².